The van der Waals surface area contributed by atoms with Crippen LogP contribution in [0, 0.1) is 5.92 Å². The fourth-order valence-corrected chi connectivity index (χ4v) is 1.83. The molecule has 0 amide bonds. The Kier molecular flexibility index (Phi) is 4.41. The Hall–Kier alpha value is -0.550. The van der Waals surface area contributed by atoms with Crippen LogP contribution >= 0.6 is 11.8 Å². The fraction of sp³-hybridized carbons (Fsp3) is 0.778. The molecule has 1 aromatic rings. The molecule has 0 fully saturated rings. The van der Waals surface area contributed by atoms with Gasteiger partial charge in [0.05, 0.1) is 6.54 Å². The molecule has 0 saturated carbocycles. The molecule has 0 saturated heterocycles. The van der Waals surface area contributed by atoms with Gasteiger partial charge in [0.15, 0.2) is 5.16 Å². The number of nitrogens with one attached hydrogen (secondary N) is 1. The molecule has 0 spiro atoms. The molecule has 80 valence electrons. The molecule has 0 aliphatic rings. The lowest BCUT2D eigenvalue weighted by Crippen LogP contribution is -2.15. The summed E-state index contributed by atoms with van der Waals surface area (Å²) in [6.45, 7) is 6.17. The van der Waals surface area contributed by atoms with Crippen molar-refractivity contribution in [3.8, 4) is 0 Å². The van der Waals surface area contributed by atoms with E-state index in [0.717, 1.165) is 24.1 Å². The van der Waals surface area contributed by atoms with Gasteiger partial charge in [-0.15, -0.1) is 10.2 Å². The quantitative estimate of drug-likeness (QED) is 0.752. The summed E-state index contributed by atoms with van der Waals surface area (Å²) in [6.07, 6.45) is 2.03. The summed E-state index contributed by atoms with van der Waals surface area (Å²) >= 11 is 1.65. The maximum Gasteiger partial charge on any atom is 0.190 e. The van der Waals surface area contributed by atoms with Crippen LogP contribution in [0.2, 0.25) is 0 Å². The molecule has 1 aromatic heterocycles. The van der Waals surface area contributed by atoms with Crippen molar-refractivity contribution in [2.24, 2.45) is 5.92 Å². The van der Waals surface area contributed by atoms with E-state index in [2.05, 4.69) is 33.9 Å². The smallest absolute Gasteiger partial charge is 0.190 e. The van der Waals surface area contributed by atoms with E-state index in [1.807, 2.05) is 13.3 Å². The van der Waals surface area contributed by atoms with E-state index >= 15 is 0 Å². The molecule has 0 bridgehead atoms. The maximum absolute atomic E-state index is 4.16. The van der Waals surface area contributed by atoms with E-state index in [-0.39, 0.29) is 0 Å². The zero-order valence-corrected chi connectivity index (χ0v) is 10.1. The predicted octanol–water partition coefficient (Wildman–Crippen LogP) is 1.38. The van der Waals surface area contributed by atoms with E-state index in [4.69, 9.17) is 0 Å². The molecule has 1 rings (SSSR count). The molecule has 0 radical (unpaired) electrons. The fourth-order valence-electron chi connectivity index (χ4n) is 1.31. The average Bonchev–Trinajstić information content (AvgIpc) is 2.48. The summed E-state index contributed by atoms with van der Waals surface area (Å²) in [5.41, 5.74) is 0. The van der Waals surface area contributed by atoms with Gasteiger partial charge in [-0.05, 0) is 19.2 Å². The highest BCUT2D eigenvalue weighted by Crippen LogP contribution is 2.15. The minimum absolute atomic E-state index is 0.618. The molecule has 1 heterocycles. The molecule has 0 aromatic carbocycles. The molecule has 4 nitrogen and oxygen atoms in total. The third-order valence-corrected chi connectivity index (χ3v) is 2.53. The summed E-state index contributed by atoms with van der Waals surface area (Å²) in [5.74, 6) is 1.64. The summed E-state index contributed by atoms with van der Waals surface area (Å²) in [6, 6.07) is 0. The van der Waals surface area contributed by atoms with Gasteiger partial charge in [-0.3, -0.25) is 0 Å². The van der Waals surface area contributed by atoms with Gasteiger partial charge in [0.2, 0.25) is 0 Å². The van der Waals surface area contributed by atoms with Crippen LogP contribution in [0.1, 0.15) is 19.7 Å². The molecular formula is C9H18N4S. The van der Waals surface area contributed by atoms with Gasteiger partial charge in [0, 0.05) is 6.54 Å². The Morgan fingerprint density at radius 2 is 2.14 bits per heavy atom. The Morgan fingerprint density at radius 3 is 2.64 bits per heavy atom. The molecule has 5 heteroatoms. The third kappa shape index (κ3) is 2.72. The normalized spacial score (nSPS) is 11.2. The van der Waals surface area contributed by atoms with Gasteiger partial charge in [0.1, 0.15) is 5.82 Å². The number of hydrogen-bond donors (Lipinski definition) is 1. The Bertz CT molecular complexity index is 282. The van der Waals surface area contributed by atoms with Crippen LogP contribution in [-0.4, -0.2) is 28.1 Å². The SMILES string of the molecule is CNCc1nnc(SC)n1CC(C)C. The molecule has 0 aliphatic carbocycles. The Balaban J connectivity index is 2.87. The van der Waals surface area contributed by atoms with Gasteiger partial charge in [-0.2, -0.15) is 0 Å². The van der Waals surface area contributed by atoms with Gasteiger partial charge < -0.3 is 9.88 Å². The lowest BCUT2D eigenvalue weighted by Gasteiger charge is -2.11. The first kappa shape index (κ1) is 11.5. The first-order valence-electron chi connectivity index (χ1n) is 4.79. The Labute approximate surface area is 89.5 Å². The molecular weight excluding hydrogens is 196 g/mol. The van der Waals surface area contributed by atoms with Gasteiger partial charge in [-0.25, -0.2) is 0 Å². The zero-order valence-electron chi connectivity index (χ0n) is 9.24. The second-order valence-electron chi connectivity index (χ2n) is 3.64. The number of hydrogen-bond acceptors (Lipinski definition) is 4. The van der Waals surface area contributed by atoms with Gasteiger partial charge in [-0.1, -0.05) is 25.6 Å². The van der Waals surface area contributed by atoms with Crippen LogP contribution < -0.4 is 5.32 Å². The van der Waals surface area contributed by atoms with Crippen molar-refractivity contribution in [3.05, 3.63) is 5.82 Å². The molecule has 1 N–H and O–H groups in total. The topological polar surface area (TPSA) is 42.7 Å². The first-order chi connectivity index (χ1) is 6.69. The maximum atomic E-state index is 4.16. The Morgan fingerprint density at radius 1 is 1.43 bits per heavy atom. The number of nitrogens with zero attached hydrogens (tertiary/aromatic N) is 3. The summed E-state index contributed by atoms with van der Waals surface area (Å²) < 4.78 is 2.19. The van der Waals surface area contributed by atoms with Crippen molar-refractivity contribution in [1.29, 1.82) is 0 Å². The van der Waals surface area contributed by atoms with Crippen molar-refractivity contribution in [3.63, 3.8) is 0 Å². The highest BCUT2D eigenvalue weighted by atomic mass is 32.2. The third-order valence-electron chi connectivity index (χ3n) is 1.86. The van der Waals surface area contributed by atoms with Crippen molar-refractivity contribution in [2.75, 3.05) is 13.3 Å². The van der Waals surface area contributed by atoms with Crippen LogP contribution in [0.4, 0.5) is 0 Å². The van der Waals surface area contributed by atoms with Crippen LogP contribution in [0.5, 0.6) is 0 Å². The predicted molar refractivity (Wildman–Crippen MR) is 59.4 cm³/mol. The van der Waals surface area contributed by atoms with Crippen LogP contribution in [0.25, 0.3) is 0 Å². The summed E-state index contributed by atoms with van der Waals surface area (Å²) in [7, 11) is 1.92. The van der Waals surface area contributed by atoms with Crippen molar-refractivity contribution >= 4 is 11.8 Å². The minimum Gasteiger partial charge on any atom is -0.313 e. The highest BCUT2D eigenvalue weighted by molar-refractivity contribution is 7.98. The van der Waals surface area contributed by atoms with E-state index in [0.29, 0.717) is 5.92 Å². The number of thioether (sulfide) groups is 1. The van der Waals surface area contributed by atoms with Crippen LogP contribution in [0.15, 0.2) is 5.16 Å². The van der Waals surface area contributed by atoms with Crippen molar-refractivity contribution in [1.82, 2.24) is 20.1 Å². The minimum atomic E-state index is 0.618. The lowest BCUT2D eigenvalue weighted by atomic mass is 10.2. The second-order valence-corrected chi connectivity index (χ2v) is 4.41. The number of rotatable bonds is 5. The van der Waals surface area contributed by atoms with Crippen molar-refractivity contribution in [2.45, 2.75) is 32.1 Å². The average molecular weight is 214 g/mol. The molecule has 0 atom stereocenters. The van der Waals surface area contributed by atoms with Gasteiger partial charge >= 0.3 is 0 Å². The first-order valence-corrected chi connectivity index (χ1v) is 6.02. The second kappa shape index (κ2) is 5.36. The van der Waals surface area contributed by atoms with E-state index in [9.17, 15) is 0 Å². The molecule has 0 unspecified atom stereocenters. The summed E-state index contributed by atoms with van der Waals surface area (Å²) in [4.78, 5) is 0. The van der Waals surface area contributed by atoms with E-state index in [1.54, 1.807) is 11.8 Å². The van der Waals surface area contributed by atoms with Gasteiger partial charge in [0.25, 0.3) is 0 Å². The van der Waals surface area contributed by atoms with Crippen molar-refractivity contribution < 1.29 is 0 Å². The number of aromatic nitrogens is 3. The van der Waals surface area contributed by atoms with Crippen LogP contribution in [-0.2, 0) is 13.1 Å². The highest BCUT2D eigenvalue weighted by Gasteiger charge is 2.11. The molecule has 0 aliphatic heterocycles. The summed E-state index contributed by atoms with van der Waals surface area (Å²) in [5, 5.41) is 12.4. The van der Waals surface area contributed by atoms with E-state index < -0.39 is 0 Å². The van der Waals surface area contributed by atoms with E-state index in [1.165, 1.54) is 0 Å². The standard InChI is InChI=1S/C9H18N4S/c1-7(2)6-13-8(5-10-3)11-12-9(13)14-4/h7,10H,5-6H2,1-4H3. The molecule has 14 heavy (non-hydrogen) atoms. The van der Waals surface area contributed by atoms with Crippen LogP contribution in [0.3, 0.4) is 0 Å². The zero-order chi connectivity index (χ0) is 10.6. The lowest BCUT2D eigenvalue weighted by molar-refractivity contribution is 0.475. The largest absolute Gasteiger partial charge is 0.313 e. The monoisotopic (exact) mass is 214 g/mol.